The smallest absolute Gasteiger partial charge is 0.226 e. The molecule has 0 amide bonds. The Morgan fingerprint density at radius 3 is 2.75 bits per heavy atom. The topological polar surface area (TPSA) is 91.1 Å². The van der Waals surface area contributed by atoms with Crippen LogP contribution in [0.1, 0.15) is 30.3 Å². The van der Waals surface area contributed by atoms with E-state index in [1.165, 1.54) is 5.56 Å². The van der Waals surface area contributed by atoms with Crippen molar-refractivity contribution >= 4 is 29.9 Å². The van der Waals surface area contributed by atoms with E-state index >= 15 is 0 Å². The number of hydrogen-bond acceptors (Lipinski definition) is 4. The maximum Gasteiger partial charge on any atom is 0.226 e. The van der Waals surface area contributed by atoms with Crippen LogP contribution in [0.5, 0.6) is 0 Å². The zero-order valence-electron chi connectivity index (χ0n) is 16.2. The molecule has 0 atom stereocenters. The lowest BCUT2D eigenvalue weighted by molar-refractivity contribution is 0.572. The first-order chi connectivity index (χ1) is 13.3. The molecule has 7 nitrogen and oxygen atoms in total. The van der Waals surface area contributed by atoms with Crippen LogP contribution in [-0.4, -0.2) is 34.2 Å². The number of aromatic nitrogens is 3. The number of nitrogens with one attached hydrogen (secondary N) is 3. The molecule has 0 aliphatic heterocycles. The van der Waals surface area contributed by atoms with E-state index in [2.05, 4.69) is 37.7 Å². The molecule has 0 radical (unpaired) electrons. The van der Waals surface area contributed by atoms with E-state index < -0.39 is 0 Å². The molecule has 0 fully saturated rings. The highest BCUT2D eigenvalue weighted by molar-refractivity contribution is 14.0. The highest BCUT2D eigenvalue weighted by atomic mass is 127. The average molecular weight is 494 g/mol. The lowest BCUT2D eigenvalue weighted by Gasteiger charge is -2.10. The summed E-state index contributed by atoms with van der Waals surface area (Å²) in [5.41, 5.74) is 4.16. The molecule has 28 heavy (non-hydrogen) atoms. The van der Waals surface area contributed by atoms with Crippen molar-refractivity contribution in [2.24, 2.45) is 4.99 Å². The molecular weight excluding hydrogens is 467 g/mol. The van der Waals surface area contributed by atoms with Gasteiger partial charge in [0.15, 0.2) is 5.96 Å². The fourth-order valence-corrected chi connectivity index (χ4v) is 2.71. The summed E-state index contributed by atoms with van der Waals surface area (Å²) in [5.74, 6) is 1.40. The molecule has 1 aromatic carbocycles. The first-order valence-electron chi connectivity index (χ1n) is 9.27. The molecule has 3 rings (SSSR count). The van der Waals surface area contributed by atoms with Crippen molar-refractivity contribution < 1.29 is 4.42 Å². The van der Waals surface area contributed by atoms with Gasteiger partial charge in [-0.15, -0.1) is 24.0 Å². The summed E-state index contributed by atoms with van der Waals surface area (Å²) in [5, 5.41) is 13.6. The molecule has 0 spiro atoms. The van der Waals surface area contributed by atoms with Gasteiger partial charge in [0.05, 0.1) is 12.7 Å². The SMILES string of the molecule is CCNC(=NCc1coc(-c2ccccc2)n1)NCCCc1cn[nH]c1C.I. The number of H-pyrrole nitrogens is 1. The zero-order chi connectivity index (χ0) is 18.9. The standard InChI is InChI=1S/C20H26N6O.HI/c1-3-21-20(22-11-7-10-17-12-24-26-15(17)2)23-13-18-14-27-19(25-18)16-8-5-4-6-9-16;/h4-6,8-9,12,14H,3,7,10-11,13H2,1-2H3,(H,24,26)(H2,21,22,23);1H. The Morgan fingerprint density at radius 2 is 2.04 bits per heavy atom. The Morgan fingerprint density at radius 1 is 1.21 bits per heavy atom. The van der Waals surface area contributed by atoms with Crippen LogP contribution in [0.3, 0.4) is 0 Å². The highest BCUT2D eigenvalue weighted by Gasteiger charge is 2.06. The van der Waals surface area contributed by atoms with E-state index in [4.69, 9.17) is 4.42 Å². The summed E-state index contributed by atoms with van der Waals surface area (Å²) in [6.45, 7) is 6.20. The summed E-state index contributed by atoms with van der Waals surface area (Å²) in [7, 11) is 0. The monoisotopic (exact) mass is 494 g/mol. The van der Waals surface area contributed by atoms with Gasteiger partial charge in [0.1, 0.15) is 12.0 Å². The van der Waals surface area contributed by atoms with Crippen LogP contribution in [0.25, 0.3) is 11.5 Å². The Hall–Kier alpha value is -2.36. The number of hydrogen-bond donors (Lipinski definition) is 3. The van der Waals surface area contributed by atoms with E-state index in [-0.39, 0.29) is 24.0 Å². The summed E-state index contributed by atoms with van der Waals surface area (Å²) in [6, 6.07) is 9.86. The molecule has 2 heterocycles. The van der Waals surface area contributed by atoms with E-state index in [0.717, 1.165) is 48.8 Å². The lowest BCUT2D eigenvalue weighted by Crippen LogP contribution is -2.37. The van der Waals surface area contributed by atoms with Gasteiger partial charge in [0, 0.05) is 24.3 Å². The number of halogens is 1. The van der Waals surface area contributed by atoms with Crippen molar-refractivity contribution in [3.63, 3.8) is 0 Å². The van der Waals surface area contributed by atoms with Crippen LogP contribution in [0.4, 0.5) is 0 Å². The molecule has 3 N–H and O–H groups in total. The Labute approximate surface area is 182 Å². The number of aryl methyl sites for hydroxylation is 2. The molecule has 0 saturated heterocycles. The van der Waals surface area contributed by atoms with Crippen molar-refractivity contribution in [1.82, 2.24) is 25.8 Å². The minimum atomic E-state index is 0. The fraction of sp³-hybridized carbons (Fsp3) is 0.350. The molecular formula is C20H27IN6O. The largest absolute Gasteiger partial charge is 0.444 e. The number of oxazole rings is 1. The number of nitrogens with zero attached hydrogens (tertiary/aromatic N) is 3. The van der Waals surface area contributed by atoms with Crippen LogP contribution < -0.4 is 10.6 Å². The molecule has 8 heteroatoms. The Kier molecular flexibility index (Phi) is 8.99. The molecule has 3 aromatic rings. The van der Waals surface area contributed by atoms with E-state index in [9.17, 15) is 0 Å². The quantitative estimate of drug-likeness (QED) is 0.192. The highest BCUT2D eigenvalue weighted by Crippen LogP contribution is 2.18. The summed E-state index contributed by atoms with van der Waals surface area (Å²) in [6.07, 6.45) is 5.55. The molecule has 0 bridgehead atoms. The number of rotatable bonds is 8. The zero-order valence-corrected chi connectivity index (χ0v) is 18.6. The van der Waals surface area contributed by atoms with E-state index in [1.54, 1.807) is 6.26 Å². The van der Waals surface area contributed by atoms with Gasteiger partial charge in [0.2, 0.25) is 5.89 Å². The normalized spacial score (nSPS) is 11.1. The molecule has 2 aromatic heterocycles. The fourth-order valence-electron chi connectivity index (χ4n) is 2.71. The summed E-state index contributed by atoms with van der Waals surface area (Å²) in [4.78, 5) is 9.11. The van der Waals surface area contributed by atoms with E-state index in [0.29, 0.717) is 12.4 Å². The van der Waals surface area contributed by atoms with Crippen molar-refractivity contribution in [1.29, 1.82) is 0 Å². The summed E-state index contributed by atoms with van der Waals surface area (Å²) >= 11 is 0. The number of aliphatic imine (C=N–C) groups is 1. The Balaban J connectivity index is 0.00000280. The van der Waals surface area contributed by atoms with Crippen LogP contribution >= 0.6 is 24.0 Å². The Bertz CT molecular complexity index is 858. The third kappa shape index (κ3) is 6.36. The van der Waals surface area contributed by atoms with Gasteiger partial charge in [-0.2, -0.15) is 5.10 Å². The average Bonchev–Trinajstić information content (AvgIpc) is 3.33. The van der Waals surface area contributed by atoms with Gasteiger partial charge in [-0.25, -0.2) is 9.98 Å². The maximum atomic E-state index is 5.56. The van der Waals surface area contributed by atoms with Gasteiger partial charge >= 0.3 is 0 Å². The second-order valence-electron chi connectivity index (χ2n) is 6.26. The van der Waals surface area contributed by atoms with Gasteiger partial charge in [-0.1, -0.05) is 18.2 Å². The van der Waals surface area contributed by atoms with Crippen molar-refractivity contribution in [2.45, 2.75) is 33.2 Å². The molecule has 0 aliphatic rings. The van der Waals surface area contributed by atoms with E-state index in [1.807, 2.05) is 43.5 Å². The third-order valence-electron chi connectivity index (χ3n) is 4.17. The van der Waals surface area contributed by atoms with Crippen molar-refractivity contribution in [3.8, 4) is 11.5 Å². The minimum Gasteiger partial charge on any atom is -0.444 e. The van der Waals surface area contributed by atoms with Crippen LogP contribution in [0.15, 0.2) is 52.2 Å². The van der Waals surface area contributed by atoms with Gasteiger partial charge in [-0.05, 0) is 44.4 Å². The number of guanidine groups is 1. The summed E-state index contributed by atoms with van der Waals surface area (Å²) < 4.78 is 5.56. The van der Waals surface area contributed by atoms with Gasteiger partial charge in [-0.3, -0.25) is 5.10 Å². The first kappa shape index (κ1) is 21.9. The molecule has 0 saturated carbocycles. The third-order valence-corrected chi connectivity index (χ3v) is 4.17. The van der Waals surface area contributed by atoms with Crippen LogP contribution in [0, 0.1) is 6.92 Å². The van der Waals surface area contributed by atoms with Gasteiger partial charge in [0.25, 0.3) is 0 Å². The van der Waals surface area contributed by atoms with Crippen molar-refractivity contribution in [2.75, 3.05) is 13.1 Å². The number of benzene rings is 1. The predicted molar refractivity (Wildman–Crippen MR) is 122 cm³/mol. The van der Waals surface area contributed by atoms with Crippen molar-refractivity contribution in [3.05, 3.63) is 59.7 Å². The maximum absolute atomic E-state index is 5.56. The molecule has 150 valence electrons. The van der Waals surface area contributed by atoms with Gasteiger partial charge < -0.3 is 15.1 Å². The predicted octanol–water partition coefficient (Wildman–Crippen LogP) is 3.68. The van der Waals surface area contributed by atoms with Crippen LogP contribution in [0.2, 0.25) is 0 Å². The first-order valence-corrected chi connectivity index (χ1v) is 9.27. The second kappa shape index (κ2) is 11.5. The minimum absolute atomic E-state index is 0. The number of aromatic amines is 1. The molecule has 0 unspecified atom stereocenters. The molecule has 0 aliphatic carbocycles. The second-order valence-corrected chi connectivity index (χ2v) is 6.26. The lowest BCUT2D eigenvalue weighted by atomic mass is 10.1. The van der Waals surface area contributed by atoms with Crippen LogP contribution in [-0.2, 0) is 13.0 Å².